The summed E-state index contributed by atoms with van der Waals surface area (Å²) in [5.74, 6) is -3.00. The Morgan fingerprint density at radius 3 is 2.49 bits per heavy atom. The van der Waals surface area contributed by atoms with Crippen molar-refractivity contribution in [1.82, 2.24) is 9.97 Å². The van der Waals surface area contributed by atoms with Crippen molar-refractivity contribution in [3.63, 3.8) is 0 Å². The van der Waals surface area contributed by atoms with E-state index in [9.17, 15) is 27.8 Å². The molecule has 0 aliphatic heterocycles. The summed E-state index contributed by atoms with van der Waals surface area (Å²) in [6, 6.07) is 16.5. The number of nitrogens with one attached hydrogen (secondary N) is 1. The maximum absolute atomic E-state index is 14.6. The molecule has 9 nitrogen and oxygen atoms in total. The number of Topliss-reactive ketones (excluding diaryl/α,β-unsaturated/α-hetero) is 1. The van der Waals surface area contributed by atoms with Crippen molar-refractivity contribution < 1.29 is 27.8 Å². The number of carbonyl (C=O) groups excluding carboxylic acids is 1. The Kier molecular flexibility index (Phi) is 6.92. The number of aromatic nitrogens is 2. The summed E-state index contributed by atoms with van der Waals surface area (Å²) in [5, 5.41) is 20.7. The van der Waals surface area contributed by atoms with Gasteiger partial charge < -0.3 is 20.9 Å². The van der Waals surface area contributed by atoms with Gasteiger partial charge in [0.05, 0.1) is 11.0 Å². The summed E-state index contributed by atoms with van der Waals surface area (Å²) in [5.41, 5.74) is 7.23. The number of allylic oxidation sites excluding steroid dienone is 1. The number of hydrogen-bond acceptors (Lipinski definition) is 6. The summed E-state index contributed by atoms with van der Waals surface area (Å²) in [6.07, 6.45) is -1.39. The van der Waals surface area contributed by atoms with Crippen LogP contribution in [-0.4, -0.2) is 46.3 Å². The third kappa shape index (κ3) is 5.27. The minimum absolute atomic E-state index is 0.0373. The zero-order valence-corrected chi connectivity index (χ0v) is 20.6. The minimum Gasteiger partial charge on any atom is -0.506 e. The number of halogens is 1. The van der Waals surface area contributed by atoms with E-state index < -0.39 is 44.2 Å². The number of para-hydroxylation sites is 2. The van der Waals surface area contributed by atoms with Crippen molar-refractivity contribution in [3.8, 4) is 0 Å². The maximum Gasteiger partial charge on any atom is 0.286 e. The van der Waals surface area contributed by atoms with Gasteiger partial charge >= 0.3 is 0 Å². The molecule has 0 aliphatic carbocycles. The molecule has 11 heteroatoms. The van der Waals surface area contributed by atoms with E-state index in [0.29, 0.717) is 16.6 Å². The second-order valence-corrected chi connectivity index (χ2v) is 9.91. The Morgan fingerprint density at radius 1 is 1.08 bits per heavy atom. The number of nitrogens with two attached hydrogens (primary N) is 1. The van der Waals surface area contributed by atoms with Gasteiger partial charge in [-0.1, -0.05) is 35.9 Å². The lowest BCUT2D eigenvalue weighted by Crippen LogP contribution is -2.27. The molecule has 5 N–H and O–H groups in total. The summed E-state index contributed by atoms with van der Waals surface area (Å²) >= 11 is 0. The molecular formula is C26H23FN4O5S. The molecular weight excluding hydrogens is 499 g/mol. The molecule has 0 amide bonds. The van der Waals surface area contributed by atoms with Crippen molar-refractivity contribution in [1.29, 1.82) is 0 Å². The summed E-state index contributed by atoms with van der Waals surface area (Å²) < 4.78 is 43.2. The van der Waals surface area contributed by atoms with Crippen LogP contribution < -0.4 is 5.73 Å². The Bertz CT molecular complexity index is 1660. The van der Waals surface area contributed by atoms with Crippen molar-refractivity contribution in [2.45, 2.75) is 24.8 Å². The van der Waals surface area contributed by atoms with E-state index in [1.165, 1.54) is 6.92 Å². The fourth-order valence-corrected chi connectivity index (χ4v) is 4.70. The number of rotatable bonds is 7. The summed E-state index contributed by atoms with van der Waals surface area (Å²) in [7, 11) is -4.71. The van der Waals surface area contributed by atoms with Gasteiger partial charge in [0.15, 0.2) is 0 Å². The van der Waals surface area contributed by atoms with Crippen LogP contribution in [0.2, 0.25) is 0 Å². The quantitative estimate of drug-likeness (QED) is 0.0946. The molecule has 0 saturated heterocycles. The van der Waals surface area contributed by atoms with Gasteiger partial charge in [-0.3, -0.25) is 4.79 Å². The van der Waals surface area contributed by atoms with Gasteiger partial charge in [0.25, 0.3) is 10.0 Å². The molecule has 0 bridgehead atoms. The number of hydrogen-bond donors (Lipinski definition) is 4. The third-order valence-electron chi connectivity index (χ3n) is 5.51. The number of aromatic amines is 1. The molecule has 0 fully saturated rings. The lowest BCUT2D eigenvalue weighted by molar-refractivity contribution is 0.105. The molecule has 0 radical (unpaired) electrons. The number of carbonyl (C=O) groups is 1. The fourth-order valence-electron chi connectivity index (χ4n) is 3.59. The van der Waals surface area contributed by atoms with E-state index in [0.717, 1.165) is 23.8 Å². The van der Waals surface area contributed by atoms with Crippen LogP contribution in [0.5, 0.6) is 0 Å². The number of benzene rings is 3. The zero-order valence-electron chi connectivity index (χ0n) is 19.8. The van der Waals surface area contributed by atoms with E-state index in [2.05, 4.69) is 14.4 Å². The molecule has 37 heavy (non-hydrogen) atoms. The molecule has 0 spiro atoms. The Balaban J connectivity index is 1.91. The first-order chi connectivity index (χ1) is 17.5. The number of ketones is 1. The van der Waals surface area contributed by atoms with Gasteiger partial charge in [0.2, 0.25) is 5.78 Å². The van der Waals surface area contributed by atoms with Gasteiger partial charge in [0, 0.05) is 11.1 Å². The topological polar surface area (TPSA) is 159 Å². The molecule has 4 aromatic rings. The summed E-state index contributed by atoms with van der Waals surface area (Å²) in [6.45, 7) is 3.01. The molecule has 190 valence electrons. The zero-order chi connectivity index (χ0) is 26.9. The number of H-pyrrole nitrogens is 1. The number of fused-ring (bicyclic) bond motifs is 1. The highest BCUT2D eigenvalue weighted by molar-refractivity contribution is 7.90. The average molecular weight is 523 g/mol. The monoisotopic (exact) mass is 522 g/mol. The third-order valence-corrected chi connectivity index (χ3v) is 6.83. The average Bonchev–Trinajstić information content (AvgIpc) is 3.27. The predicted molar refractivity (Wildman–Crippen MR) is 138 cm³/mol. The van der Waals surface area contributed by atoms with Crippen molar-refractivity contribution >= 4 is 44.0 Å². The standard InChI is InChI=1S/C26H23FN4O5S/c1-14-6-5-7-16(12-14)23(33)22(26-29-19-8-3-4-9-20(19)30-26)24(34)17-10-11-18(27)21(13-17)37(35,36)31-25(28)15(2)32/h3-13,15,32-33H,1-2H3,(H2,28,31)(H,29,30)/b23-22+/t15-/m1/s1. The number of amidine groups is 1. The number of aryl methyl sites for hydroxylation is 1. The van der Waals surface area contributed by atoms with Crippen LogP contribution in [0.3, 0.4) is 0 Å². The van der Waals surface area contributed by atoms with Crippen LogP contribution in [0, 0.1) is 12.7 Å². The van der Waals surface area contributed by atoms with Crippen LogP contribution in [0.15, 0.2) is 76.0 Å². The van der Waals surface area contributed by atoms with Crippen LogP contribution in [0.1, 0.15) is 34.2 Å². The molecule has 4 rings (SSSR count). The molecule has 0 unspecified atom stereocenters. The van der Waals surface area contributed by atoms with Crippen LogP contribution in [-0.2, 0) is 10.0 Å². The predicted octanol–water partition coefficient (Wildman–Crippen LogP) is 3.75. The van der Waals surface area contributed by atoms with E-state index in [1.54, 1.807) is 42.5 Å². The Labute approximate surface area is 211 Å². The first kappa shape index (κ1) is 25.7. The van der Waals surface area contributed by atoms with Crippen LogP contribution in [0.4, 0.5) is 4.39 Å². The van der Waals surface area contributed by atoms with Gasteiger partial charge in [-0.25, -0.2) is 9.37 Å². The van der Waals surface area contributed by atoms with E-state index >= 15 is 0 Å². The van der Waals surface area contributed by atoms with Gasteiger partial charge in [-0.2, -0.15) is 8.42 Å². The minimum atomic E-state index is -4.71. The number of nitrogens with zero attached hydrogens (tertiary/aromatic N) is 2. The smallest absolute Gasteiger partial charge is 0.286 e. The van der Waals surface area contributed by atoms with Crippen molar-refractivity contribution in [2.75, 3.05) is 0 Å². The normalized spacial score (nSPS) is 13.9. The Hall–Kier alpha value is -4.35. The number of aliphatic hydroxyl groups is 2. The fraction of sp³-hybridized carbons (Fsp3) is 0.115. The van der Waals surface area contributed by atoms with E-state index in [-0.39, 0.29) is 17.0 Å². The van der Waals surface area contributed by atoms with E-state index in [1.807, 2.05) is 13.0 Å². The first-order valence-electron chi connectivity index (χ1n) is 11.1. The number of aliphatic hydroxyl groups excluding tert-OH is 2. The Morgan fingerprint density at radius 2 is 1.81 bits per heavy atom. The highest BCUT2D eigenvalue weighted by Gasteiger charge is 2.27. The lowest BCUT2D eigenvalue weighted by Gasteiger charge is -2.11. The van der Waals surface area contributed by atoms with Gasteiger partial charge in [-0.05, 0) is 50.2 Å². The molecule has 1 atom stereocenters. The maximum atomic E-state index is 14.6. The molecule has 0 saturated carbocycles. The van der Waals surface area contributed by atoms with E-state index in [4.69, 9.17) is 5.73 Å². The largest absolute Gasteiger partial charge is 0.506 e. The second kappa shape index (κ2) is 9.96. The summed E-state index contributed by atoms with van der Waals surface area (Å²) in [4.78, 5) is 20.3. The number of sulfonamides is 1. The first-order valence-corrected chi connectivity index (χ1v) is 12.5. The van der Waals surface area contributed by atoms with Crippen molar-refractivity contribution in [3.05, 3.63) is 95.1 Å². The molecule has 1 heterocycles. The molecule has 1 aromatic heterocycles. The highest BCUT2D eigenvalue weighted by atomic mass is 32.2. The number of imidazole rings is 1. The lowest BCUT2D eigenvalue weighted by atomic mass is 9.98. The van der Waals surface area contributed by atoms with Crippen LogP contribution >= 0.6 is 0 Å². The molecule has 0 aliphatic rings. The van der Waals surface area contributed by atoms with Crippen molar-refractivity contribution in [2.24, 2.45) is 10.1 Å². The second-order valence-electron chi connectivity index (χ2n) is 8.34. The SMILES string of the molecule is Cc1cccc(/C(O)=C(/C(=O)c2ccc(F)c(S(=O)(=O)/N=C(\N)[C@@H](C)O)c2)c2nc3ccccc3[nH]2)c1. The molecule has 3 aromatic carbocycles. The van der Waals surface area contributed by atoms with Gasteiger partial charge in [0.1, 0.15) is 39.8 Å². The highest BCUT2D eigenvalue weighted by Crippen LogP contribution is 2.30. The van der Waals surface area contributed by atoms with Gasteiger partial charge in [-0.15, -0.1) is 4.40 Å². The van der Waals surface area contributed by atoms with Crippen LogP contribution in [0.25, 0.3) is 22.4 Å².